The molecule has 1 aliphatic carbocycles. The molecule has 2 N–H and O–H groups in total. The molecule has 1 aromatic carbocycles. The zero-order valence-corrected chi connectivity index (χ0v) is 18.5. The molecule has 1 aliphatic heterocycles. The first kappa shape index (κ1) is 23.7. The van der Waals surface area contributed by atoms with Gasteiger partial charge in [0.2, 0.25) is 5.91 Å². The molecule has 0 bridgehead atoms. The number of amides is 1. The van der Waals surface area contributed by atoms with Crippen LogP contribution in [0.3, 0.4) is 0 Å². The van der Waals surface area contributed by atoms with Crippen LogP contribution < -0.4 is 5.32 Å². The van der Waals surface area contributed by atoms with Gasteiger partial charge in [-0.25, -0.2) is 0 Å². The summed E-state index contributed by atoms with van der Waals surface area (Å²) in [4.78, 5) is 19.3. The van der Waals surface area contributed by atoms with E-state index in [1.807, 2.05) is 30.3 Å². The van der Waals surface area contributed by atoms with Crippen molar-refractivity contribution in [3.05, 3.63) is 66.0 Å². The summed E-state index contributed by atoms with van der Waals surface area (Å²) in [6.45, 7) is -0.920. The van der Waals surface area contributed by atoms with Gasteiger partial charge in [-0.3, -0.25) is 15.1 Å². The number of aromatic nitrogens is 1. The number of piperidine rings is 1. The SMILES string of the molecule is O=C([C@H](Cc1ccncc1)NCC(F)(F)F)N1CC[C@](O)(c2ccccc2)[C@H]2CCCC[C@H]21. The molecule has 8 heteroatoms. The van der Waals surface area contributed by atoms with Crippen molar-refractivity contribution in [2.45, 2.75) is 62.4 Å². The molecule has 1 amide bonds. The summed E-state index contributed by atoms with van der Waals surface area (Å²) in [5, 5.41) is 14.2. The number of rotatable bonds is 6. The maximum atomic E-state index is 13.6. The molecule has 5 nitrogen and oxygen atoms in total. The Bertz CT molecular complexity index is 925. The molecular formula is C25H30F3N3O2. The Labute approximate surface area is 192 Å². The van der Waals surface area contributed by atoms with Crippen molar-refractivity contribution in [2.24, 2.45) is 5.92 Å². The predicted molar refractivity (Wildman–Crippen MR) is 118 cm³/mol. The van der Waals surface area contributed by atoms with Gasteiger partial charge in [-0.1, -0.05) is 43.2 Å². The Hall–Kier alpha value is -2.45. The van der Waals surface area contributed by atoms with Crippen LogP contribution in [0.5, 0.6) is 0 Å². The molecule has 2 aromatic rings. The first-order valence-corrected chi connectivity index (χ1v) is 11.6. The summed E-state index contributed by atoms with van der Waals surface area (Å²) in [5.74, 6) is -0.474. The van der Waals surface area contributed by atoms with Crippen LogP contribution in [0, 0.1) is 5.92 Å². The van der Waals surface area contributed by atoms with Crippen LogP contribution in [-0.2, 0) is 16.8 Å². The third-order valence-corrected chi connectivity index (χ3v) is 7.07. The molecule has 2 heterocycles. The number of halogens is 3. The normalized spacial score (nSPS) is 26.5. The van der Waals surface area contributed by atoms with Crippen molar-refractivity contribution < 1.29 is 23.1 Å². The molecule has 1 saturated heterocycles. The molecular weight excluding hydrogens is 431 g/mol. The smallest absolute Gasteiger partial charge is 0.385 e. The van der Waals surface area contributed by atoms with Crippen molar-refractivity contribution in [1.82, 2.24) is 15.2 Å². The van der Waals surface area contributed by atoms with Gasteiger partial charge in [-0.15, -0.1) is 0 Å². The molecule has 1 saturated carbocycles. The molecule has 2 fully saturated rings. The first-order chi connectivity index (χ1) is 15.8. The number of hydrogen-bond donors (Lipinski definition) is 2. The monoisotopic (exact) mass is 461 g/mol. The van der Waals surface area contributed by atoms with Crippen molar-refractivity contribution in [1.29, 1.82) is 0 Å². The number of fused-ring (bicyclic) bond motifs is 1. The van der Waals surface area contributed by atoms with E-state index in [4.69, 9.17) is 0 Å². The number of nitrogens with one attached hydrogen (secondary N) is 1. The zero-order valence-electron chi connectivity index (χ0n) is 18.5. The largest absolute Gasteiger partial charge is 0.401 e. The van der Waals surface area contributed by atoms with E-state index in [1.165, 1.54) is 0 Å². The van der Waals surface area contributed by atoms with E-state index in [-0.39, 0.29) is 24.3 Å². The number of alkyl halides is 3. The van der Waals surface area contributed by atoms with Crippen LogP contribution in [0.1, 0.15) is 43.2 Å². The fraction of sp³-hybridized carbons (Fsp3) is 0.520. The lowest BCUT2D eigenvalue weighted by molar-refractivity contribution is -0.158. The van der Waals surface area contributed by atoms with Gasteiger partial charge in [-0.05, 0) is 48.9 Å². The second-order valence-electron chi connectivity index (χ2n) is 9.14. The van der Waals surface area contributed by atoms with E-state index in [2.05, 4.69) is 10.3 Å². The maximum absolute atomic E-state index is 13.6. The van der Waals surface area contributed by atoms with E-state index >= 15 is 0 Å². The highest BCUT2D eigenvalue weighted by Crippen LogP contribution is 2.47. The third kappa shape index (κ3) is 5.38. The molecule has 33 heavy (non-hydrogen) atoms. The molecule has 1 aromatic heterocycles. The fourth-order valence-electron chi connectivity index (χ4n) is 5.48. The molecule has 0 unspecified atom stereocenters. The average Bonchev–Trinajstić information content (AvgIpc) is 2.82. The zero-order chi connectivity index (χ0) is 23.5. The lowest BCUT2D eigenvalue weighted by Gasteiger charge is -2.53. The summed E-state index contributed by atoms with van der Waals surface area (Å²) in [6, 6.07) is 11.8. The Morgan fingerprint density at radius 2 is 1.85 bits per heavy atom. The molecule has 2 aliphatic rings. The Morgan fingerprint density at radius 3 is 2.55 bits per heavy atom. The number of pyridine rings is 1. The van der Waals surface area contributed by atoms with Crippen molar-refractivity contribution in [3.8, 4) is 0 Å². The van der Waals surface area contributed by atoms with Crippen LogP contribution in [0.2, 0.25) is 0 Å². The van der Waals surface area contributed by atoms with Crippen LogP contribution in [-0.4, -0.2) is 52.2 Å². The molecule has 4 atom stereocenters. The Balaban J connectivity index is 1.58. The van der Waals surface area contributed by atoms with Crippen molar-refractivity contribution in [2.75, 3.05) is 13.1 Å². The van der Waals surface area contributed by atoms with Crippen LogP contribution in [0.25, 0.3) is 0 Å². The standard InChI is InChI=1S/C25H30F3N3O2/c26-25(27,28)17-30-21(16-18-10-13-29-14-11-18)23(32)31-15-12-24(33,19-6-2-1-3-7-19)20-8-4-5-9-22(20)31/h1-3,6-7,10-11,13-14,20-22,30,33H,4-5,8-9,12,15-17H2/t20-,21-,22+,24-/m0/s1. The van der Waals surface area contributed by atoms with Gasteiger partial charge in [0, 0.05) is 30.9 Å². The van der Waals surface area contributed by atoms with Gasteiger partial charge in [-0.2, -0.15) is 13.2 Å². The van der Waals surface area contributed by atoms with Gasteiger partial charge in [0.1, 0.15) is 0 Å². The molecule has 178 valence electrons. The lowest BCUT2D eigenvalue weighted by Crippen LogP contribution is -2.62. The lowest BCUT2D eigenvalue weighted by atomic mass is 9.66. The van der Waals surface area contributed by atoms with Crippen molar-refractivity contribution in [3.63, 3.8) is 0 Å². The van der Waals surface area contributed by atoms with Crippen molar-refractivity contribution >= 4 is 5.91 Å². The number of benzene rings is 1. The van der Waals surface area contributed by atoms with Crippen LogP contribution >= 0.6 is 0 Å². The summed E-state index contributed by atoms with van der Waals surface area (Å²) >= 11 is 0. The van der Waals surface area contributed by atoms with E-state index in [0.717, 1.165) is 36.8 Å². The Morgan fingerprint density at radius 1 is 1.15 bits per heavy atom. The number of aliphatic hydroxyl groups is 1. The summed E-state index contributed by atoms with van der Waals surface area (Å²) < 4.78 is 39.0. The van der Waals surface area contributed by atoms with E-state index in [1.54, 1.807) is 29.4 Å². The molecule has 0 spiro atoms. The topological polar surface area (TPSA) is 65.5 Å². The first-order valence-electron chi connectivity index (χ1n) is 11.6. The molecule has 4 rings (SSSR count). The number of carbonyl (C=O) groups excluding carboxylic acids is 1. The van der Waals surface area contributed by atoms with Gasteiger partial charge in [0.05, 0.1) is 18.2 Å². The quantitative estimate of drug-likeness (QED) is 0.687. The second-order valence-corrected chi connectivity index (χ2v) is 9.14. The highest BCUT2D eigenvalue weighted by molar-refractivity contribution is 5.83. The van der Waals surface area contributed by atoms with E-state index in [0.29, 0.717) is 13.0 Å². The third-order valence-electron chi connectivity index (χ3n) is 7.07. The summed E-state index contributed by atoms with van der Waals surface area (Å²) in [6.07, 6.45) is 2.65. The van der Waals surface area contributed by atoms with Gasteiger partial charge in [0.15, 0.2) is 0 Å². The number of nitrogens with zero attached hydrogens (tertiary/aromatic N) is 2. The summed E-state index contributed by atoms with van der Waals surface area (Å²) in [7, 11) is 0. The van der Waals surface area contributed by atoms with E-state index in [9.17, 15) is 23.1 Å². The minimum Gasteiger partial charge on any atom is -0.385 e. The van der Waals surface area contributed by atoms with Crippen LogP contribution in [0.4, 0.5) is 13.2 Å². The van der Waals surface area contributed by atoms with Crippen LogP contribution in [0.15, 0.2) is 54.9 Å². The fourth-order valence-corrected chi connectivity index (χ4v) is 5.48. The van der Waals surface area contributed by atoms with Gasteiger partial charge < -0.3 is 10.0 Å². The number of carbonyl (C=O) groups is 1. The highest BCUT2D eigenvalue weighted by atomic mass is 19.4. The number of hydrogen-bond acceptors (Lipinski definition) is 4. The molecule has 0 radical (unpaired) electrons. The van der Waals surface area contributed by atoms with Gasteiger partial charge >= 0.3 is 6.18 Å². The minimum atomic E-state index is -4.42. The summed E-state index contributed by atoms with van der Waals surface area (Å²) in [5.41, 5.74) is 0.553. The minimum absolute atomic E-state index is 0.143. The Kier molecular flexibility index (Phi) is 7.05. The second kappa shape index (κ2) is 9.81. The maximum Gasteiger partial charge on any atom is 0.401 e. The van der Waals surface area contributed by atoms with Gasteiger partial charge in [0.25, 0.3) is 0 Å². The van der Waals surface area contributed by atoms with E-state index < -0.39 is 24.4 Å². The number of likely N-dealkylation sites (tertiary alicyclic amines) is 1. The average molecular weight is 462 g/mol. The highest BCUT2D eigenvalue weighted by Gasteiger charge is 2.51. The predicted octanol–water partition coefficient (Wildman–Crippen LogP) is 3.82.